The monoisotopic (exact) mass is 315 g/mol. The summed E-state index contributed by atoms with van der Waals surface area (Å²) in [6, 6.07) is 0. The fourth-order valence-electron chi connectivity index (χ4n) is 3.38. The van der Waals surface area contributed by atoms with Gasteiger partial charge in [-0.3, -0.25) is 9.69 Å². The number of nitrogens with zero attached hydrogens (tertiary/aromatic N) is 2. The zero-order chi connectivity index (χ0) is 15.7. The number of aliphatic imine (C=N–C) groups is 1. The van der Waals surface area contributed by atoms with Crippen LogP contribution in [0.3, 0.4) is 0 Å². The molecule has 0 aromatic heterocycles. The van der Waals surface area contributed by atoms with E-state index in [1.807, 2.05) is 0 Å². The molecule has 1 amide bonds. The van der Waals surface area contributed by atoms with Crippen molar-refractivity contribution in [3.8, 4) is 0 Å². The minimum Gasteiger partial charge on any atom is -0.369 e. The molecule has 1 aliphatic heterocycles. The fourth-order valence-corrected chi connectivity index (χ4v) is 4.09. The van der Waals surface area contributed by atoms with Crippen molar-refractivity contribution in [2.24, 2.45) is 16.6 Å². The Kier molecular flexibility index (Phi) is 4.60. The lowest BCUT2D eigenvalue weighted by Crippen LogP contribution is -2.44. The Balaban J connectivity index is 2.20. The van der Waals surface area contributed by atoms with E-state index in [0.29, 0.717) is 12.3 Å². The van der Waals surface area contributed by atoms with Gasteiger partial charge in [0, 0.05) is 13.3 Å². The normalized spacial score (nSPS) is 28.0. The fraction of sp³-hybridized carbons (Fsp3) is 0.857. The average molecular weight is 315 g/mol. The summed E-state index contributed by atoms with van der Waals surface area (Å²) in [5.74, 6) is 0.444. The van der Waals surface area contributed by atoms with Gasteiger partial charge in [-0.1, -0.05) is 32.1 Å². The summed E-state index contributed by atoms with van der Waals surface area (Å²) in [7, 11) is -1.53. The highest BCUT2D eigenvalue weighted by atomic mass is 32.2. The summed E-state index contributed by atoms with van der Waals surface area (Å²) in [5, 5.41) is 0. The predicted octanol–water partition coefficient (Wildman–Crippen LogP) is 0.917. The van der Waals surface area contributed by atoms with Crippen LogP contribution in [0.2, 0.25) is 0 Å². The number of carbonyl (C=O) groups excluding carboxylic acids is 1. The van der Waals surface area contributed by atoms with Crippen LogP contribution in [-0.2, 0) is 14.6 Å². The van der Waals surface area contributed by atoms with Gasteiger partial charge < -0.3 is 5.73 Å². The Hall–Kier alpha value is -1.11. The number of carbonyl (C=O) groups is 1. The number of guanidine groups is 1. The van der Waals surface area contributed by atoms with Crippen LogP contribution in [0.15, 0.2) is 4.99 Å². The predicted molar refractivity (Wildman–Crippen MR) is 82.6 cm³/mol. The number of likely N-dealkylation sites (N-methyl/N-ethyl adjacent to an activating group) is 1. The molecular formula is C14H25N3O3S. The maximum atomic E-state index is 12.6. The topological polar surface area (TPSA) is 92.8 Å². The number of rotatable bonds is 5. The standard InChI is InChI=1S/C14H25N3O3S/c1-17-12(18)14(16-13(17)15,8-9-21(2,19)20)10-11-6-4-3-5-7-11/h11H,3-10H2,1-2H3,(H2,15,16). The zero-order valence-electron chi connectivity index (χ0n) is 12.8. The van der Waals surface area contributed by atoms with Gasteiger partial charge in [0.2, 0.25) is 0 Å². The molecule has 2 rings (SSSR count). The van der Waals surface area contributed by atoms with E-state index in [-0.39, 0.29) is 24.0 Å². The third-order valence-electron chi connectivity index (χ3n) is 4.61. The van der Waals surface area contributed by atoms with Gasteiger partial charge in [0.05, 0.1) is 5.75 Å². The summed E-state index contributed by atoms with van der Waals surface area (Å²) < 4.78 is 23.0. The van der Waals surface area contributed by atoms with Crippen molar-refractivity contribution < 1.29 is 13.2 Å². The Morgan fingerprint density at radius 1 is 1.33 bits per heavy atom. The maximum Gasteiger partial charge on any atom is 0.257 e. The molecule has 0 aromatic rings. The Labute approximate surface area is 126 Å². The van der Waals surface area contributed by atoms with Gasteiger partial charge in [-0.2, -0.15) is 0 Å². The quantitative estimate of drug-likeness (QED) is 0.816. The number of hydrogen-bond acceptors (Lipinski definition) is 5. The van der Waals surface area contributed by atoms with Crippen LogP contribution in [-0.4, -0.2) is 49.8 Å². The highest BCUT2D eigenvalue weighted by Gasteiger charge is 2.47. The van der Waals surface area contributed by atoms with Gasteiger partial charge in [0.25, 0.3) is 5.91 Å². The third kappa shape index (κ3) is 3.75. The van der Waals surface area contributed by atoms with Gasteiger partial charge in [-0.15, -0.1) is 0 Å². The van der Waals surface area contributed by atoms with Crippen LogP contribution in [0, 0.1) is 5.92 Å². The second-order valence-electron chi connectivity index (χ2n) is 6.45. The molecule has 0 aromatic carbocycles. The second kappa shape index (κ2) is 5.94. The molecule has 0 spiro atoms. The van der Waals surface area contributed by atoms with E-state index in [4.69, 9.17) is 5.73 Å². The summed E-state index contributed by atoms with van der Waals surface area (Å²) in [6.45, 7) is 0. The highest BCUT2D eigenvalue weighted by Crippen LogP contribution is 2.37. The van der Waals surface area contributed by atoms with Crippen LogP contribution in [0.25, 0.3) is 0 Å². The van der Waals surface area contributed by atoms with Gasteiger partial charge in [-0.05, 0) is 18.8 Å². The largest absolute Gasteiger partial charge is 0.369 e. The molecule has 1 unspecified atom stereocenters. The van der Waals surface area contributed by atoms with Crippen LogP contribution < -0.4 is 5.73 Å². The van der Waals surface area contributed by atoms with Crippen molar-refractivity contribution in [2.45, 2.75) is 50.5 Å². The van der Waals surface area contributed by atoms with Gasteiger partial charge in [0.15, 0.2) is 5.96 Å². The molecule has 120 valence electrons. The minimum absolute atomic E-state index is 0.0317. The lowest BCUT2D eigenvalue weighted by Gasteiger charge is -2.31. The molecule has 1 heterocycles. The van der Waals surface area contributed by atoms with E-state index in [2.05, 4.69) is 4.99 Å². The SMILES string of the molecule is CN1C(=O)C(CCS(C)(=O)=O)(CC2CCCCC2)N=C1N. The Morgan fingerprint density at radius 3 is 2.43 bits per heavy atom. The summed E-state index contributed by atoms with van der Waals surface area (Å²) in [5.41, 5.74) is 4.83. The number of sulfone groups is 1. The first-order chi connectivity index (χ1) is 9.73. The third-order valence-corrected chi connectivity index (χ3v) is 5.56. The molecule has 2 N–H and O–H groups in total. The molecule has 0 saturated heterocycles. The molecule has 0 radical (unpaired) electrons. The summed E-state index contributed by atoms with van der Waals surface area (Å²) in [6.07, 6.45) is 7.81. The van der Waals surface area contributed by atoms with E-state index >= 15 is 0 Å². The smallest absolute Gasteiger partial charge is 0.257 e. The van der Waals surface area contributed by atoms with Crippen LogP contribution in [0.5, 0.6) is 0 Å². The lowest BCUT2D eigenvalue weighted by atomic mass is 9.78. The maximum absolute atomic E-state index is 12.6. The number of nitrogens with two attached hydrogens (primary N) is 1. The van der Waals surface area contributed by atoms with E-state index in [9.17, 15) is 13.2 Å². The van der Waals surface area contributed by atoms with Gasteiger partial charge in [0.1, 0.15) is 15.4 Å². The average Bonchev–Trinajstić information content (AvgIpc) is 2.62. The minimum atomic E-state index is -3.13. The molecule has 21 heavy (non-hydrogen) atoms. The van der Waals surface area contributed by atoms with Crippen LogP contribution in [0.4, 0.5) is 0 Å². The van der Waals surface area contributed by atoms with Crippen molar-refractivity contribution in [1.29, 1.82) is 0 Å². The van der Waals surface area contributed by atoms with E-state index in [1.54, 1.807) is 7.05 Å². The first kappa shape index (κ1) is 16.3. The molecule has 1 saturated carbocycles. The van der Waals surface area contributed by atoms with E-state index in [1.165, 1.54) is 30.4 Å². The Morgan fingerprint density at radius 2 is 1.95 bits per heavy atom. The Bertz CT molecular complexity index is 538. The van der Waals surface area contributed by atoms with Gasteiger partial charge in [-0.25, -0.2) is 13.4 Å². The summed E-state index contributed by atoms with van der Waals surface area (Å²) >= 11 is 0. The van der Waals surface area contributed by atoms with E-state index < -0.39 is 15.4 Å². The van der Waals surface area contributed by atoms with E-state index in [0.717, 1.165) is 12.8 Å². The number of amides is 1. The van der Waals surface area contributed by atoms with Crippen LogP contribution in [0.1, 0.15) is 44.9 Å². The molecule has 0 bridgehead atoms. The summed E-state index contributed by atoms with van der Waals surface area (Å²) in [4.78, 5) is 18.3. The molecule has 2 aliphatic rings. The first-order valence-electron chi connectivity index (χ1n) is 7.55. The van der Waals surface area contributed by atoms with Gasteiger partial charge >= 0.3 is 0 Å². The molecule has 7 heteroatoms. The first-order valence-corrected chi connectivity index (χ1v) is 9.61. The molecule has 1 aliphatic carbocycles. The highest BCUT2D eigenvalue weighted by molar-refractivity contribution is 7.90. The molecular weight excluding hydrogens is 290 g/mol. The zero-order valence-corrected chi connectivity index (χ0v) is 13.7. The van der Waals surface area contributed by atoms with Crippen molar-refractivity contribution in [3.63, 3.8) is 0 Å². The second-order valence-corrected chi connectivity index (χ2v) is 8.71. The van der Waals surface area contributed by atoms with Crippen LogP contribution >= 0.6 is 0 Å². The number of hydrogen-bond donors (Lipinski definition) is 1. The van der Waals surface area contributed by atoms with Crippen molar-refractivity contribution in [2.75, 3.05) is 19.1 Å². The van der Waals surface area contributed by atoms with Crippen molar-refractivity contribution >= 4 is 21.7 Å². The molecule has 1 fully saturated rings. The molecule has 1 atom stereocenters. The molecule has 6 nitrogen and oxygen atoms in total. The van der Waals surface area contributed by atoms with Crippen molar-refractivity contribution in [3.05, 3.63) is 0 Å². The van der Waals surface area contributed by atoms with Crippen molar-refractivity contribution in [1.82, 2.24) is 4.90 Å². The lowest BCUT2D eigenvalue weighted by molar-refractivity contribution is -0.131.